The van der Waals surface area contributed by atoms with Gasteiger partial charge < -0.3 is 15.0 Å². The molecule has 2 aromatic heterocycles. The fourth-order valence-electron chi connectivity index (χ4n) is 4.53. The first-order valence-corrected chi connectivity index (χ1v) is 14.8. The Morgan fingerprint density at radius 1 is 0.951 bits per heavy atom. The molecule has 0 unspecified atom stereocenters. The van der Waals surface area contributed by atoms with Gasteiger partial charge in [-0.05, 0) is 64.9 Å². The lowest BCUT2D eigenvalue weighted by Crippen LogP contribution is -2.29. The predicted molar refractivity (Wildman–Crippen MR) is 162 cm³/mol. The second-order valence-corrected chi connectivity index (χ2v) is 12.4. The number of ether oxygens (including phenoxy) is 1. The van der Waals surface area contributed by atoms with E-state index in [0.29, 0.717) is 35.1 Å². The van der Waals surface area contributed by atoms with Crippen molar-refractivity contribution in [3.05, 3.63) is 108 Å². The summed E-state index contributed by atoms with van der Waals surface area (Å²) in [4.78, 5) is 20.1. The van der Waals surface area contributed by atoms with Gasteiger partial charge in [0, 0.05) is 35.5 Å². The van der Waals surface area contributed by atoms with Crippen LogP contribution in [-0.2, 0) is 21.9 Å². The molecule has 41 heavy (non-hydrogen) atoms. The highest BCUT2D eigenvalue weighted by Gasteiger charge is 2.21. The van der Waals surface area contributed by atoms with Crippen molar-refractivity contribution in [1.82, 2.24) is 15.3 Å². The van der Waals surface area contributed by atoms with E-state index >= 15 is 0 Å². The smallest absolute Gasteiger partial charge is 0.393 e. The first kappa shape index (κ1) is 27.9. The molecule has 0 spiro atoms. The Hall–Kier alpha value is -4.63. The first-order valence-electron chi connectivity index (χ1n) is 13.3. The zero-order valence-corrected chi connectivity index (χ0v) is 24.0. The fraction of sp³-hybridized carbons (Fsp3) is 0.188. The van der Waals surface area contributed by atoms with Gasteiger partial charge in [-0.15, -0.1) is 0 Å². The van der Waals surface area contributed by atoms with Gasteiger partial charge in [-0.25, -0.2) is 13.2 Å². The van der Waals surface area contributed by atoms with Crippen molar-refractivity contribution in [1.29, 1.82) is 0 Å². The number of fused-ring (bicyclic) bond motifs is 1. The van der Waals surface area contributed by atoms with Crippen LogP contribution >= 0.6 is 0 Å². The Labute approximate surface area is 239 Å². The number of anilines is 1. The highest BCUT2D eigenvalue weighted by molar-refractivity contribution is 7.92. The third-order valence-corrected chi connectivity index (χ3v) is 8.11. The van der Waals surface area contributed by atoms with Gasteiger partial charge in [0.25, 0.3) is 10.0 Å². The van der Waals surface area contributed by atoms with Crippen molar-refractivity contribution in [2.45, 2.75) is 37.5 Å². The van der Waals surface area contributed by atoms with Crippen molar-refractivity contribution in [3.8, 4) is 17.0 Å². The quantitative estimate of drug-likeness (QED) is 0.194. The number of hydrogen-bond acceptors (Lipinski definition) is 5. The summed E-state index contributed by atoms with van der Waals surface area (Å²) in [5.41, 5.74) is 4.52. The van der Waals surface area contributed by atoms with Crippen LogP contribution in [0.2, 0.25) is 0 Å². The van der Waals surface area contributed by atoms with Crippen LogP contribution in [0.15, 0.2) is 102 Å². The minimum Gasteiger partial charge on any atom is -0.393 e. The lowest BCUT2D eigenvalue weighted by Gasteiger charge is -2.19. The molecule has 8 nitrogen and oxygen atoms in total. The first-order chi connectivity index (χ1) is 19.6. The van der Waals surface area contributed by atoms with Gasteiger partial charge in [0.05, 0.1) is 10.5 Å². The van der Waals surface area contributed by atoms with Gasteiger partial charge in [-0.2, -0.15) is 0 Å². The zero-order chi connectivity index (χ0) is 29.0. The van der Waals surface area contributed by atoms with Crippen LogP contribution in [0.1, 0.15) is 31.9 Å². The Morgan fingerprint density at radius 2 is 1.71 bits per heavy atom. The molecule has 0 atom stereocenters. The zero-order valence-electron chi connectivity index (χ0n) is 23.1. The molecule has 0 saturated carbocycles. The van der Waals surface area contributed by atoms with Crippen LogP contribution < -0.4 is 14.8 Å². The van der Waals surface area contributed by atoms with Gasteiger partial charge >= 0.3 is 6.09 Å². The molecule has 3 aromatic carbocycles. The minimum absolute atomic E-state index is 0.0844. The molecule has 0 aliphatic rings. The van der Waals surface area contributed by atoms with E-state index in [1.54, 1.807) is 42.7 Å². The normalized spacial score (nSPS) is 11.8. The highest BCUT2D eigenvalue weighted by Crippen LogP contribution is 2.39. The van der Waals surface area contributed by atoms with Gasteiger partial charge in [0.15, 0.2) is 0 Å². The second-order valence-electron chi connectivity index (χ2n) is 10.8. The fourth-order valence-corrected chi connectivity index (χ4v) is 5.58. The molecule has 5 aromatic rings. The summed E-state index contributed by atoms with van der Waals surface area (Å²) in [6, 6.07) is 25.4. The summed E-state index contributed by atoms with van der Waals surface area (Å²) in [6.45, 7) is 6.62. The van der Waals surface area contributed by atoms with Gasteiger partial charge in [0.1, 0.15) is 0 Å². The van der Waals surface area contributed by atoms with Crippen LogP contribution in [0.4, 0.5) is 10.5 Å². The van der Waals surface area contributed by atoms with E-state index in [1.807, 2.05) is 54.6 Å². The third kappa shape index (κ3) is 6.58. The molecule has 1 amide bonds. The molecule has 3 N–H and O–H groups in total. The van der Waals surface area contributed by atoms with E-state index in [2.05, 4.69) is 40.8 Å². The number of carbonyl (C=O) groups is 1. The summed E-state index contributed by atoms with van der Waals surface area (Å²) in [5.74, 6) is 0.267. The molecule has 0 saturated heterocycles. The van der Waals surface area contributed by atoms with Crippen molar-refractivity contribution in [2.75, 3.05) is 11.3 Å². The standard InChI is InChI=1S/C32H32N4O4S/c1-32(2,3)24-11-14-26(15-12-24)41(38,39)36-25-13-16-28-27(20-25)29(23-9-5-4-6-10-23)30(35-28)40-31(37)34-19-17-22-8-7-18-33-21-22/h4-16,18,20-21,35-36H,17,19H2,1-3H3,(H,34,37). The lowest BCUT2D eigenvalue weighted by molar-refractivity contribution is 0.199. The monoisotopic (exact) mass is 568 g/mol. The van der Waals surface area contributed by atoms with E-state index in [4.69, 9.17) is 4.74 Å². The van der Waals surface area contributed by atoms with Gasteiger partial charge in [-0.3, -0.25) is 9.71 Å². The van der Waals surface area contributed by atoms with E-state index in [9.17, 15) is 13.2 Å². The summed E-state index contributed by atoms with van der Waals surface area (Å²) < 4.78 is 34.8. The minimum atomic E-state index is -3.83. The molecule has 5 rings (SSSR count). The molecular weight excluding hydrogens is 536 g/mol. The van der Waals surface area contributed by atoms with Crippen LogP contribution in [0.3, 0.4) is 0 Å². The number of nitrogens with one attached hydrogen (secondary N) is 3. The summed E-state index contributed by atoms with van der Waals surface area (Å²) in [5, 5.41) is 3.48. The number of sulfonamides is 1. The van der Waals surface area contributed by atoms with Crippen LogP contribution in [-0.4, -0.2) is 31.0 Å². The van der Waals surface area contributed by atoms with Gasteiger partial charge in [-0.1, -0.05) is 69.3 Å². The van der Waals surface area contributed by atoms with E-state index in [0.717, 1.165) is 16.7 Å². The number of hydrogen-bond donors (Lipinski definition) is 3. The molecular formula is C32H32N4O4S. The largest absolute Gasteiger partial charge is 0.413 e. The molecule has 0 fully saturated rings. The number of rotatable bonds is 8. The molecule has 0 radical (unpaired) electrons. The Balaban J connectivity index is 1.40. The third-order valence-electron chi connectivity index (χ3n) is 6.71. The summed E-state index contributed by atoms with van der Waals surface area (Å²) in [7, 11) is -3.83. The second kappa shape index (κ2) is 11.5. The number of aromatic amines is 1. The van der Waals surface area contributed by atoms with Crippen molar-refractivity contribution < 1.29 is 17.9 Å². The van der Waals surface area contributed by atoms with Crippen LogP contribution in [0.5, 0.6) is 5.88 Å². The Bertz CT molecular complexity index is 1760. The number of carbonyl (C=O) groups excluding carboxylic acids is 1. The number of nitrogens with zero attached hydrogens (tertiary/aromatic N) is 1. The maximum absolute atomic E-state index is 13.2. The average Bonchev–Trinajstić information content (AvgIpc) is 3.30. The average molecular weight is 569 g/mol. The van der Waals surface area contributed by atoms with Crippen molar-refractivity contribution in [2.24, 2.45) is 0 Å². The number of aromatic nitrogens is 2. The Morgan fingerprint density at radius 3 is 2.39 bits per heavy atom. The van der Waals surface area contributed by atoms with Crippen LogP contribution in [0.25, 0.3) is 22.0 Å². The van der Waals surface area contributed by atoms with Crippen molar-refractivity contribution in [3.63, 3.8) is 0 Å². The van der Waals surface area contributed by atoms with E-state index < -0.39 is 16.1 Å². The maximum atomic E-state index is 13.2. The number of amides is 1. The number of pyridine rings is 1. The van der Waals surface area contributed by atoms with Crippen LogP contribution in [0, 0.1) is 0 Å². The van der Waals surface area contributed by atoms with E-state index in [1.165, 1.54) is 0 Å². The Kier molecular flexibility index (Phi) is 7.81. The molecule has 2 heterocycles. The molecule has 0 aliphatic heterocycles. The predicted octanol–water partition coefficient (Wildman–Crippen LogP) is 6.66. The summed E-state index contributed by atoms with van der Waals surface area (Å²) in [6.07, 6.45) is 3.47. The summed E-state index contributed by atoms with van der Waals surface area (Å²) >= 11 is 0. The maximum Gasteiger partial charge on any atom is 0.413 e. The SMILES string of the molecule is CC(C)(C)c1ccc(S(=O)(=O)Nc2ccc3[nH]c(OC(=O)NCCc4cccnc4)c(-c4ccccc4)c3c2)cc1. The van der Waals surface area contributed by atoms with Gasteiger partial charge in [0.2, 0.25) is 5.88 Å². The number of H-pyrrole nitrogens is 1. The lowest BCUT2D eigenvalue weighted by atomic mass is 9.87. The molecule has 9 heteroatoms. The topological polar surface area (TPSA) is 113 Å². The number of benzene rings is 3. The molecule has 0 aliphatic carbocycles. The van der Waals surface area contributed by atoms with E-state index in [-0.39, 0.29) is 16.2 Å². The molecule has 210 valence electrons. The highest BCUT2D eigenvalue weighted by atomic mass is 32.2. The molecule has 0 bridgehead atoms. The van der Waals surface area contributed by atoms with Crippen molar-refractivity contribution >= 4 is 32.7 Å².